The maximum absolute atomic E-state index is 3.52. The van der Waals surface area contributed by atoms with Crippen molar-refractivity contribution >= 4 is 0 Å². The van der Waals surface area contributed by atoms with E-state index in [1.54, 1.807) is 0 Å². The molecule has 1 heterocycles. The van der Waals surface area contributed by atoms with Gasteiger partial charge in [-0.15, -0.1) is 0 Å². The van der Waals surface area contributed by atoms with Crippen molar-refractivity contribution in [3.63, 3.8) is 0 Å². The van der Waals surface area contributed by atoms with Gasteiger partial charge in [-0.05, 0) is 24.6 Å². The van der Waals surface area contributed by atoms with Crippen molar-refractivity contribution in [3.05, 3.63) is 59.9 Å². The second kappa shape index (κ2) is 4.99. The van der Waals surface area contributed by atoms with Crippen molar-refractivity contribution in [2.45, 2.75) is 19.5 Å². The molecule has 0 unspecified atom stereocenters. The first-order valence-corrected chi connectivity index (χ1v) is 5.66. The molecule has 2 rings (SSSR count). The van der Waals surface area contributed by atoms with Crippen LogP contribution in [0.15, 0.2) is 48.7 Å². The van der Waals surface area contributed by atoms with Gasteiger partial charge in [-0.2, -0.15) is 0 Å². The topological polar surface area (TPSA) is 17.0 Å². The van der Waals surface area contributed by atoms with Gasteiger partial charge in [-0.1, -0.05) is 30.3 Å². The summed E-state index contributed by atoms with van der Waals surface area (Å²) in [5.41, 5.74) is 2.64. The lowest BCUT2D eigenvalue weighted by Crippen LogP contribution is -2.19. The van der Waals surface area contributed by atoms with E-state index in [1.165, 1.54) is 11.3 Å². The van der Waals surface area contributed by atoms with Gasteiger partial charge >= 0.3 is 0 Å². The molecular formula is C14H18N2. The fourth-order valence-electron chi connectivity index (χ4n) is 1.80. The number of hydrogen-bond donors (Lipinski definition) is 1. The van der Waals surface area contributed by atoms with Crippen LogP contribution in [0.2, 0.25) is 0 Å². The van der Waals surface area contributed by atoms with Gasteiger partial charge in [0.15, 0.2) is 0 Å². The molecule has 2 aromatic rings. The number of rotatable bonds is 4. The second-order valence-electron chi connectivity index (χ2n) is 4.12. The number of nitrogens with zero attached hydrogens (tertiary/aromatic N) is 1. The lowest BCUT2D eigenvalue weighted by molar-refractivity contribution is 0.558. The Morgan fingerprint density at radius 2 is 1.88 bits per heavy atom. The van der Waals surface area contributed by atoms with Crippen LogP contribution in [0.25, 0.3) is 0 Å². The van der Waals surface area contributed by atoms with Crippen LogP contribution in [0.3, 0.4) is 0 Å². The maximum atomic E-state index is 3.52. The molecule has 0 aliphatic carbocycles. The molecule has 84 valence electrons. The molecular weight excluding hydrogens is 196 g/mol. The number of benzene rings is 1. The van der Waals surface area contributed by atoms with E-state index in [-0.39, 0.29) is 0 Å². The van der Waals surface area contributed by atoms with Gasteiger partial charge in [0.25, 0.3) is 0 Å². The highest BCUT2D eigenvalue weighted by molar-refractivity contribution is 5.18. The molecule has 0 amide bonds. The zero-order valence-corrected chi connectivity index (χ0v) is 9.85. The van der Waals surface area contributed by atoms with Crippen LogP contribution in [0.1, 0.15) is 24.2 Å². The normalized spacial score (nSPS) is 12.6. The Bertz CT molecular complexity index is 431. The summed E-state index contributed by atoms with van der Waals surface area (Å²) in [6.45, 7) is 3.10. The summed E-state index contributed by atoms with van der Waals surface area (Å²) in [5, 5.41) is 3.52. The van der Waals surface area contributed by atoms with Crippen LogP contribution >= 0.6 is 0 Å². The molecule has 0 spiro atoms. The van der Waals surface area contributed by atoms with Gasteiger partial charge in [0.2, 0.25) is 0 Å². The van der Waals surface area contributed by atoms with Gasteiger partial charge < -0.3 is 9.88 Å². The predicted octanol–water partition coefficient (Wildman–Crippen LogP) is 2.88. The largest absolute Gasteiger partial charge is 0.353 e. The Morgan fingerprint density at radius 3 is 2.50 bits per heavy atom. The van der Waals surface area contributed by atoms with Crippen LogP contribution in [0, 0.1) is 0 Å². The smallest absolute Gasteiger partial charge is 0.0364 e. The summed E-state index contributed by atoms with van der Waals surface area (Å²) in [6.07, 6.45) is 2.07. The fraction of sp³-hybridized carbons (Fsp3) is 0.286. The maximum Gasteiger partial charge on any atom is 0.0364 e. The highest BCUT2D eigenvalue weighted by atomic mass is 15.0. The van der Waals surface area contributed by atoms with Gasteiger partial charge in [0, 0.05) is 31.5 Å². The fourth-order valence-corrected chi connectivity index (χ4v) is 1.80. The summed E-state index contributed by atoms with van der Waals surface area (Å²) < 4.78 is 2.14. The van der Waals surface area contributed by atoms with E-state index in [9.17, 15) is 0 Å². The molecule has 2 heteroatoms. The summed E-state index contributed by atoms with van der Waals surface area (Å²) in [6, 6.07) is 15.1. The highest BCUT2D eigenvalue weighted by Gasteiger charge is 2.04. The third-order valence-electron chi connectivity index (χ3n) is 2.94. The third kappa shape index (κ3) is 2.52. The molecule has 0 saturated heterocycles. The standard InChI is InChI=1S/C14H18N2/c1-12(13-7-4-3-5-8-13)15-11-14-9-6-10-16(14)2/h3-10,12,15H,11H2,1-2H3/t12-/m0/s1. The van der Waals surface area contributed by atoms with Crippen LogP contribution in [-0.4, -0.2) is 4.57 Å². The van der Waals surface area contributed by atoms with E-state index in [4.69, 9.17) is 0 Å². The van der Waals surface area contributed by atoms with E-state index in [2.05, 4.69) is 66.5 Å². The minimum absolute atomic E-state index is 0.385. The minimum atomic E-state index is 0.385. The molecule has 0 radical (unpaired) electrons. The Kier molecular flexibility index (Phi) is 3.42. The summed E-state index contributed by atoms with van der Waals surface area (Å²) in [7, 11) is 2.07. The van der Waals surface area contributed by atoms with Gasteiger partial charge in [-0.3, -0.25) is 0 Å². The van der Waals surface area contributed by atoms with Gasteiger partial charge in [-0.25, -0.2) is 0 Å². The van der Waals surface area contributed by atoms with Gasteiger partial charge in [0.1, 0.15) is 0 Å². The first-order valence-electron chi connectivity index (χ1n) is 5.66. The Hall–Kier alpha value is -1.54. The zero-order valence-electron chi connectivity index (χ0n) is 9.85. The SMILES string of the molecule is C[C@H](NCc1cccn1C)c1ccccc1. The van der Waals surface area contributed by atoms with E-state index in [0.29, 0.717) is 6.04 Å². The number of aromatic nitrogens is 1. The van der Waals surface area contributed by atoms with E-state index < -0.39 is 0 Å². The predicted molar refractivity (Wildman–Crippen MR) is 67.1 cm³/mol. The quantitative estimate of drug-likeness (QED) is 0.828. The molecule has 1 atom stereocenters. The average molecular weight is 214 g/mol. The van der Waals surface area contributed by atoms with Gasteiger partial charge in [0.05, 0.1) is 0 Å². The molecule has 16 heavy (non-hydrogen) atoms. The first-order chi connectivity index (χ1) is 7.77. The lowest BCUT2D eigenvalue weighted by atomic mass is 10.1. The molecule has 0 saturated carbocycles. The zero-order chi connectivity index (χ0) is 11.4. The number of aryl methyl sites for hydroxylation is 1. The lowest BCUT2D eigenvalue weighted by Gasteiger charge is -2.14. The minimum Gasteiger partial charge on any atom is -0.353 e. The van der Waals surface area contributed by atoms with Crippen LogP contribution in [0.5, 0.6) is 0 Å². The molecule has 0 aliphatic heterocycles. The van der Waals surface area contributed by atoms with E-state index >= 15 is 0 Å². The van der Waals surface area contributed by atoms with Crippen molar-refractivity contribution in [1.29, 1.82) is 0 Å². The van der Waals surface area contributed by atoms with Crippen molar-refractivity contribution < 1.29 is 0 Å². The first kappa shape index (κ1) is 11.0. The Balaban J connectivity index is 1.94. The van der Waals surface area contributed by atoms with Crippen LogP contribution in [0.4, 0.5) is 0 Å². The summed E-state index contributed by atoms with van der Waals surface area (Å²) >= 11 is 0. The molecule has 1 N–H and O–H groups in total. The second-order valence-corrected chi connectivity index (χ2v) is 4.12. The van der Waals surface area contributed by atoms with Crippen molar-refractivity contribution in [1.82, 2.24) is 9.88 Å². The molecule has 2 nitrogen and oxygen atoms in total. The molecule has 1 aromatic heterocycles. The highest BCUT2D eigenvalue weighted by Crippen LogP contribution is 2.12. The van der Waals surface area contributed by atoms with Crippen molar-refractivity contribution in [2.75, 3.05) is 0 Å². The molecule has 0 bridgehead atoms. The summed E-state index contributed by atoms with van der Waals surface area (Å²) in [5.74, 6) is 0. The van der Waals surface area contributed by atoms with E-state index in [1.807, 2.05) is 6.07 Å². The number of hydrogen-bond acceptors (Lipinski definition) is 1. The van der Waals surface area contributed by atoms with Crippen molar-refractivity contribution in [2.24, 2.45) is 7.05 Å². The van der Waals surface area contributed by atoms with Crippen LogP contribution < -0.4 is 5.32 Å². The Labute approximate surface area is 96.9 Å². The monoisotopic (exact) mass is 214 g/mol. The third-order valence-corrected chi connectivity index (χ3v) is 2.94. The average Bonchev–Trinajstić information content (AvgIpc) is 2.73. The number of nitrogens with one attached hydrogen (secondary N) is 1. The van der Waals surface area contributed by atoms with Crippen molar-refractivity contribution in [3.8, 4) is 0 Å². The summed E-state index contributed by atoms with van der Waals surface area (Å²) in [4.78, 5) is 0. The van der Waals surface area contributed by atoms with Crippen LogP contribution in [-0.2, 0) is 13.6 Å². The molecule has 1 aromatic carbocycles. The molecule has 0 fully saturated rings. The molecule has 0 aliphatic rings. The van der Waals surface area contributed by atoms with E-state index in [0.717, 1.165) is 6.54 Å². The Morgan fingerprint density at radius 1 is 1.12 bits per heavy atom.